The number of carbonyl (C=O) groups excluding carboxylic acids is 1. The van der Waals surface area contributed by atoms with Crippen molar-refractivity contribution in [3.05, 3.63) is 48.5 Å². The lowest BCUT2D eigenvalue weighted by Crippen LogP contribution is -2.45. The number of imidazole rings is 1. The van der Waals surface area contributed by atoms with Crippen LogP contribution in [0.1, 0.15) is 31.0 Å². The number of carbonyl (C=O) groups is 1. The molecule has 146 valence electrons. The fraction of sp³-hybridized carbons (Fsp3) is 0.524. The Balaban J connectivity index is 1.55. The summed E-state index contributed by atoms with van der Waals surface area (Å²) in [5, 5.41) is 0. The van der Waals surface area contributed by atoms with Crippen LogP contribution in [0.4, 0.5) is 10.5 Å². The maximum Gasteiger partial charge on any atom is 0.324 e. The molecule has 1 aromatic heterocycles. The molecule has 6 nitrogen and oxygen atoms in total. The van der Waals surface area contributed by atoms with Gasteiger partial charge in [0.25, 0.3) is 0 Å². The molecule has 1 aliphatic rings. The average Bonchev–Trinajstić information content (AvgIpc) is 3.16. The van der Waals surface area contributed by atoms with Crippen LogP contribution in [0.2, 0.25) is 0 Å². The van der Waals surface area contributed by atoms with Crippen LogP contribution in [0.5, 0.6) is 0 Å². The van der Waals surface area contributed by atoms with Crippen molar-refractivity contribution in [2.24, 2.45) is 0 Å². The molecule has 0 atom stereocenters. The summed E-state index contributed by atoms with van der Waals surface area (Å²) < 4.78 is 2.29. The minimum Gasteiger partial charge on any atom is -0.335 e. The van der Waals surface area contributed by atoms with E-state index in [0.717, 1.165) is 51.1 Å². The quantitative estimate of drug-likeness (QED) is 0.785. The number of amides is 2. The van der Waals surface area contributed by atoms with Gasteiger partial charge in [0.05, 0.1) is 0 Å². The number of hydrogen-bond donors (Lipinski definition) is 0. The van der Waals surface area contributed by atoms with Crippen LogP contribution in [0.15, 0.2) is 42.7 Å². The molecule has 0 unspecified atom stereocenters. The van der Waals surface area contributed by atoms with Gasteiger partial charge in [-0.3, -0.25) is 4.90 Å². The van der Waals surface area contributed by atoms with Gasteiger partial charge >= 0.3 is 6.03 Å². The first-order valence-corrected chi connectivity index (χ1v) is 9.79. The average molecular weight is 370 g/mol. The van der Waals surface area contributed by atoms with Gasteiger partial charge in [-0.1, -0.05) is 18.2 Å². The Labute approximate surface area is 162 Å². The van der Waals surface area contributed by atoms with E-state index in [9.17, 15) is 4.79 Å². The molecule has 2 heterocycles. The van der Waals surface area contributed by atoms with Gasteiger partial charge < -0.3 is 14.4 Å². The number of anilines is 1. The highest BCUT2D eigenvalue weighted by molar-refractivity contribution is 5.91. The largest absolute Gasteiger partial charge is 0.335 e. The third kappa shape index (κ3) is 4.89. The van der Waals surface area contributed by atoms with E-state index in [-0.39, 0.29) is 6.03 Å². The number of likely N-dealkylation sites (tertiary alicyclic amines) is 1. The molecule has 2 aromatic rings. The van der Waals surface area contributed by atoms with Gasteiger partial charge in [-0.15, -0.1) is 0 Å². The van der Waals surface area contributed by atoms with E-state index in [1.54, 1.807) is 4.90 Å². The third-order valence-corrected chi connectivity index (χ3v) is 5.31. The maximum atomic E-state index is 12.8. The molecular formula is C21H31N5O. The smallest absolute Gasteiger partial charge is 0.324 e. The molecule has 6 heteroatoms. The van der Waals surface area contributed by atoms with Crippen LogP contribution in [-0.4, -0.2) is 66.2 Å². The SMILES string of the molecule is CN(C)CCCn1ccnc1C1CCN(C(=O)N(C)c2ccccc2)CC1. The van der Waals surface area contributed by atoms with E-state index in [1.165, 1.54) is 5.82 Å². The zero-order valence-corrected chi connectivity index (χ0v) is 16.7. The fourth-order valence-electron chi connectivity index (χ4n) is 3.73. The molecule has 27 heavy (non-hydrogen) atoms. The van der Waals surface area contributed by atoms with Crippen molar-refractivity contribution in [1.82, 2.24) is 19.4 Å². The first-order chi connectivity index (χ1) is 13.1. The van der Waals surface area contributed by atoms with Crippen molar-refractivity contribution in [1.29, 1.82) is 0 Å². The monoisotopic (exact) mass is 369 g/mol. The summed E-state index contributed by atoms with van der Waals surface area (Å²) in [6, 6.07) is 9.90. The molecule has 2 amide bonds. The molecule has 0 radical (unpaired) electrons. The molecule has 0 spiro atoms. The van der Waals surface area contributed by atoms with Crippen LogP contribution >= 0.6 is 0 Å². The third-order valence-electron chi connectivity index (χ3n) is 5.31. The Morgan fingerprint density at radius 2 is 1.85 bits per heavy atom. The van der Waals surface area contributed by atoms with Crippen LogP contribution in [0.25, 0.3) is 0 Å². The van der Waals surface area contributed by atoms with E-state index >= 15 is 0 Å². The van der Waals surface area contributed by atoms with E-state index in [2.05, 4.69) is 34.7 Å². The van der Waals surface area contributed by atoms with Crippen molar-refractivity contribution >= 4 is 11.7 Å². The Bertz CT molecular complexity index is 719. The van der Waals surface area contributed by atoms with E-state index in [4.69, 9.17) is 0 Å². The number of hydrogen-bond acceptors (Lipinski definition) is 3. The number of urea groups is 1. The van der Waals surface area contributed by atoms with Gasteiger partial charge in [0.2, 0.25) is 0 Å². The number of piperidine rings is 1. The Hall–Kier alpha value is -2.34. The van der Waals surface area contributed by atoms with Gasteiger partial charge in [-0.25, -0.2) is 9.78 Å². The topological polar surface area (TPSA) is 44.6 Å². The van der Waals surface area contributed by atoms with Gasteiger partial charge in [0.15, 0.2) is 0 Å². The molecule has 1 aromatic carbocycles. The van der Waals surface area contributed by atoms with Crippen LogP contribution in [-0.2, 0) is 6.54 Å². The summed E-state index contributed by atoms with van der Waals surface area (Å²) in [7, 11) is 6.06. The van der Waals surface area contributed by atoms with Crippen molar-refractivity contribution in [2.75, 3.05) is 45.7 Å². The number of rotatable bonds is 6. The summed E-state index contributed by atoms with van der Waals surface area (Å²) >= 11 is 0. The predicted molar refractivity (Wildman–Crippen MR) is 109 cm³/mol. The lowest BCUT2D eigenvalue weighted by atomic mass is 9.96. The van der Waals surface area contributed by atoms with E-state index < -0.39 is 0 Å². The standard InChI is InChI=1S/C21H31N5O/c1-23(2)13-7-14-25-17-12-22-20(25)18-10-15-26(16-11-18)21(27)24(3)19-8-5-4-6-9-19/h4-6,8-9,12,17-18H,7,10-11,13-16H2,1-3H3. The molecular weight excluding hydrogens is 338 g/mol. The van der Waals surface area contributed by atoms with Crippen LogP contribution in [0.3, 0.4) is 0 Å². The number of benzene rings is 1. The highest BCUT2D eigenvalue weighted by Crippen LogP contribution is 2.28. The zero-order valence-electron chi connectivity index (χ0n) is 16.7. The molecule has 0 bridgehead atoms. The molecule has 1 fully saturated rings. The van der Waals surface area contributed by atoms with Gasteiger partial charge in [0.1, 0.15) is 5.82 Å². The van der Waals surface area contributed by atoms with Crippen molar-refractivity contribution in [3.8, 4) is 0 Å². The highest BCUT2D eigenvalue weighted by atomic mass is 16.2. The lowest BCUT2D eigenvalue weighted by Gasteiger charge is -2.34. The highest BCUT2D eigenvalue weighted by Gasteiger charge is 2.28. The van der Waals surface area contributed by atoms with Crippen molar-refractivity contribution in [2.45, 2.75) is 31.7 Å². The summed E-state index contributed by atoms with van der Waals surface area (Å²) in [4.78, 5) is 23.3. The number of para-hydroxylation sites is 1. The summed E-state index contributed by atoms with van der Waals surface area (Å²) in [5.74, 6) is 1.61. The van der Waals surface area contributed by atoms with Gasteiger partial charge in [-0.05, 0) is 52.0 Å². The first-order valence-electron chi connectivity index (χ1n) is 9.79. The molecule has 1 aliphatic heterocycles. The summed E-state index contributed by atoms with van der Waals surface area (Å²) in [6.45, 7) is 3.65. The summed E-state index contributed by atoms with van der Waals surface area (Å²) in [6.07, 6.45) is 7.06. The van der Waals surface area contributed by atoms with Crippen LogP contribution < -0.4 is 4.90 Å². The Morgan fingerprint density at radius 1 is 1.15 bits per heavy atom. The molecule has 0 N–H and O–H groups in total. The molecule has 1 saturated heterocycles. The normalized spacial score (nSPS) is 15.3. The second-order valence-electron chi connectivity index (χ2n) is 7.57. The maximum absolute atomic E-state index is 12.8. The summed E-state index contributed by atoms with van der Waals surface area (Å²) in [5.41, 5.74) is 0.932. The van der Waals surface area contributed by atoms with E-state index in [1.807, 2.05) is 48.5 Å². The lowest BCUT2D eigenvalue weighted by molar-refractivity contribution is 0.187. The number of aryl methyl sites for hydroxylation is 1. The fourth-order valence-corrected chi connectivity index (χ4v) is 3.73. The molecule has 3 rings (SSSR count). The minimum atomic E-state index is 0.0778. The van der Waals surface area contributed by atoms with E-state index in [0.29, 0.717) is 5.92 Å². The molecule has 0 aliphatic carbocycles. The van der Waals surface area contributed by atoms with Gasteiger partial charge in [-0.2, -0.15) is 0 Å². The van der Waals surface area contributed by atoms with Crippen LogP contribution in [0, 0.1) is 0 Å². The first kappa shape index (κ1) is 19.4. The minimum absolute atomic E-state index is 0.0778. The Morgan fingerprint density at radius 3 is 2.52 bits per heavy atom. The van der Waals surface area contributed by atoms with Crippen molar-refractivity contribution in [3.63, 3.8) is 0 Å². The predicted octanol–water partition coefficient (Wildman–Crippen LogP) is 3.27. The second-order valence-corrected chi connectivity index (χ2v) is 7.57. The van der Waals surface area contributed by atoms with Gasteiger partial charge in [0, 0.05) is 50.7 Å². The Kier molecular flexibility index (Phi) is 6.50. The number of nitrogens with zero attached hydrogens (tertiary/aromatic N) is 5. The zero-order chi connectivity index (χ0) is 19.2. The second kappa shape index (κ2) is 9.04. The number of aromatic nitrogens is 2. The molecule has 0 saturated carbocycles. The van der Waals surface area contributed by atoms with Crippen molar-refractivity contribution < 1.29 is 4.79 Å².